The van der Waals surface area contributed by atoms with E-state index in [1.807, 2.05) is 47.4 Å². The van der Waals surface area contributed by atoms with Gasteiger partial charge in [-0.2, -0.15) is 0 Å². The molecule has 2 saturated heterocycles. The fourth-order valence-electron chi connectivity index (χ4n) is 3.95. The average Bonchev–Trinajstić information content (AvgIpc) is 3.10. The van der Waals surface area contributed by atoms with Gasteiger partial charge in [0.2, 0.25) is 0 Å². The second-order valence-electron chi connectivity index (χ2n) is 7.01. The van der Waals surface area contributed by atoms with Crippen LogP contribution in [0.25, 0.3) is 0 Å². The second-order valence-corrected chi connectivity index (χ2v) is 7.01. The summed E-state index contributed by atoms with van der Waals surface area (Å²) in [5.74, 6) is 0.261. The molecule has 136 valence electrons. The van der Waals surface area contributed by atoms with Crippen LogP contribution in [0.15, 0.2) is 54.6 Å². The van der Waals surface area contributed by atoms with Gasteiger partial charge in [0.25, 0.3) is 5.91 Å². The number of rotatable bonds is 3. The van der Waals surface area contributed by atoms with E-state index in [1.165, 1.54) is 5.56 Å². The molecule has 0 saturated carbocycles. The van der Waals surface area contributed by atoms with Gasteiger partial charge in [-0.1, -0.05) is 42.5 Å². The van der Waals surface area contributed by atoms with Crippen molar-refractivity contribution >= 4 is 11.6 Å². The number of likely N-dealkylation sites (tertiary alicyclic amines) is 1. The summed E-state index contributed by atoms with van der Waals surface area (Å²) < 4.78 is 5.44. The molecule has 4 rings (SSSR count). The Morgan fingerprint density at radius 3 is 2.42 bits per heavy atom. The number of anilines is 1. The standard InChI is InChI=1S/C21H25N3O2/c22-19-15-24(14-18(19)16-6-2-1-3-7-16)21(25)17-8-4-5-9-20(17)23-10-12-26-13-11-23/h1-9,18-19H,10-15,22H2/t18-,19+/m0/s1. The van der Waals surface area contributed by atoms with Crippen LogP contribution in [0.4, 0.5) is 5.69 Å². The Hall–Kier alpha value is -2.37. The maximum absolute atomic E-state index is 13.2. The summed E-state index contributed by atoms with van der Waals surface area (Å²) in [6.07, 6.45) is 0. The number of nitrogens with zero attached hydrogens (tertiary/aromatic N) is 2. The predicted octanol–water partition coefficient (Wildman–Crippen LogP) is 2.09. The lowest BCUT2D eigenvalue weighted by atomic mass is 9.95. The van der Waals surface area contributed by atoms with Gasteiger partial charge < -0.3 is 20.3 Å². The maximum Gasteiger partial charge on any atom is 0.256 e. The van der Waals surface area contributed by atoms with Crippen LogP contribution < -0.4 is 10.6 Å². The number of amides is 1. The highest BCUT2D eigenvalue weighted by molar-refractivity contribution is 6.00. The van der Waals surface area contributed by atoms with Crippen molar-refractivity contribution in [3.63, 3.8) is 0 Å². The van der Waals surface area contributed by atoms with E-state index in [-0.39, 0.29) is 17.9 Å². The zero-order valence-corrected chi connectivity index (χ0v) is 14.9. The van der Waals surface area contributed by atoms with E-state index in [2.05, 4.69) is 17.0 Å². The van der Waals surface area contributed by atoms with Crippen molar-refractivity contribution in [2.45, 2.75) is 12.0 Å². The largest absolute Gasteiger partial charge is 0.378 e. The molecule has 5 heteroatoms. The fraction of sp³-hybridized carbons (Fsp3) is 0.381. The number of carbonyl (C=O) groups is 1. The van der Waals surface area contributed by atoms with Crippen molar-refractivity contribution in [2.75, 3.05) is 44.3 Å². The van der Waals surface area contributed by atoms with Crippen molar-refractivity contribution in [3.8, 4) is 0 Å². The molecule has 0 unspecified atom stereocenters. The highest BCUT2D eigenvalue weighted by Crippen LogP contribution is 2.30. The molecule has 2 atom stereocenters. The van der Waals surface area contributed by atoms with Crippen molar-refractivity contribution in [1.82, 2.24) is 4.90 Å². The molecule has 26 heavy (non-hydrogen) atoms. The van der Waals surface area contributed by atoms with Crippen LogP contribution in [0.5, 0.6) is 0 Å². The Balaban J connectivity index is 1.55. The molecule has 2 aliphatic rings. The summed E-state index contributed by atoms with van der Waals surface area (Å²) >= 11 is 0. The molecule has 2 aromatic carbocycles. The molecule has 1 amide bonds. The average molecular weight is 351 g/mol. The Labute approximate surface area is 154 Å². The number of para-hydroxylation sites is 1. The minimum atomic E-state index is -0.0306. The minimum Gasteiger partial charge on any atom is -0.378 e. The lowest BCUT2D eigenvalue weighted by Crippen LogP contribution is -2.38. The molecule has 2 fully saturated rings. The Kier molecular flexibility index (Phi) is 4.91. The smallest absolute Gasteiger partial charge is 0.256 e. The van der Waals surface area contributed by atoms with Crippen molar-refractivity contribution in [1.29, 1.82) is 0 Å². The van der Waals surface area contributed by atoms with E-state index in [4.69, 9.17) is 10.5 Å². The number of morpholine rings is 1. The quantitative estimate of drug-likeness (QED) is 0.920. The molecule has 2 heterocycles. The third kappa shape index (κ3) is 3.32. The third-order valence-corrected chi connectivity index (χ3v) is 5.37. The molecule has 0 aromatic heterocycles. The summed E-state index contributed by atoms with van der Waals surface area (Å²) in [5, 5.41) is 0. The van der Waals surface area contributed by atoms with Gasteiger partial charge in [-0.15, -0.1) is 0 Å². The van der Waals surface area contributed by atoms with Gasteiger partial charge in [-0.05, 0) is 17.7 Å². The lowest BCUT2D eigenvalue weighted by molar-refractivity contribution is 0.0788. The van der Waals surface area contributed by atoms with Gasteiger partial charge in [0.1, 0.15) is 0 Å². The molecular formula is C21H25N3O2. The van der Waals surface area contributed by atoms with E-state index in [0.29, 0.717) is 26.3 Å². The van der Waals surface area contributed by atoms with Gasteiger partial charge in [0, 0.05) is 43.8 Å². The number of ether oxygens (including phenoxy) is 1. The van der Waals surface area contributed by atoms with Crippen LogP contribution in [0.3, 0.4) is 0 Å². The topological polar surface area (TPSA) is 58.8 Å². The normalized spacial score (nSPS) is 23.3. The molecule has 0 bridgehead atoms. The van der Waals surface area contributed by atoms with Crippen molar-refractivity contribution in [3.05, 3.63) is 65.7 Å². The molecule has 5 nitrogen and oxygen atoms in total. The van der Waals surface area contributed by atoms with Gasteiger partial charge in [-0.25, -0.2) is 0 Å². The maximum atomic E-state index is 13.2. The van der Waals surface area contributed by atoms with Crippen LogP contribution in [-0.4, -0.2) is 56.2 Å². The van der Waals surface area contributed by atoms with Crippen LogP contribution in [0, 0.1) is 0 Å². The first-order chi connectivity index (χ1) is 12.7. The highest BCUT2D eigenvalue weighted by atomic mass is 16.5. The summed E-state index contributed by atoms with van der Waals surface area (Å²) in [6.45, 7) is 4.30. The predicted molar refractivity (Wildman–Crippen MR) is 103 cm³/mol. The van der Waals surface area contributed by atoms with Crippen LogP contribution in [-0.2, 0) is 4.74 Å². The van der Waals surface area contributed by atoms with E-state index in [9.17, 15) is 4.79 Å². The zero-order valence-electron chi connectivity index (χ0n) is 14.9. The van der Waals surface area contributed by atoms with Gasteiger partial charge in [0.05, 0.1) is 18.8 Å². The van der Waals surface area contributed by atoms with Crippen LogP contribution in [0.1, 0.15) is 21.8 Å². The molecule has 0 radical (unpaired) electrons. The van der Waals surface area contributed by atoms with E-state index in [0.717, 1.165) is 24.3 Å². The number of hydrogen-bond acceptors (Lipinski definition) is 4. The van der Waals surface area contributed by atoms with Crippen LogP contribution >= 0.6 is 0 Å². The minimum absolute atomic E-state index is 0.0306. The summed E-state index contributed by atoms with van der Waals surface area (Å²) in [4.78, 5) is 17.4. The fourth-order valence-corrected chi connectivity index (χ4v) is 3.95. The molecule has 2 N–H and O–H groups in total. The Morgan fingerprint density at radius 2 is 1.65 bits per heavy atom. The SMILES string of the molecule is N[C@@H]1CN(C(=O)c2ccccc2N2CCOCC2)C[C@H]1c1ccccc1. The second kappa shape index (κ2) is 7.48. The Bertz CT molecular complexity index is 759. The van der Waals surface area contributed by atoms with E-state index >= 15 is 0 Å². The number of hydrogen-bond donors (Lipinski definition) is 1. The van der Waals surface area contributed by atoms with E-state index in [1.54, 1.807) is 0 Å². The zero-order chi connectivity index (χ0) is 17.9. The van der Waals surface area contributed by atoms with Gasteiger partial charge >= 0.3 is 0 Å². The molecule has 2 aliphatic heterocycles. The molecule has 2 aromatic rings. The summed E-state index contributed by atoms with van der Waals surface area (Å²) in [6, 6.07) is 18.1. The Morgan fingerprint density at radius 1 is 0.962 bits per heavy atom. The van der Waals surface area contributed by atoms with Crippen molar-refractivity contribution < 1.29 is 9.53 Å². The molecular weight excluding hydrogens is 326 g/mol. The first kappa shape index (κ1) is 17.1. The van der Waals surface area contributed by atoms with Crippen LogP contribution in [0.2, 0.25) is 0 Å². The third-order valence-electron chi connectivity index (χ3n) is 5.37. The number of carbonyl (C=O) groups excluding carboxylic acids is 1. The summed E-state index contributed by atoms with van der Waals surface area (Å²) in [5.41, 5.74) is 9.34. The van der Waals surface area contributed by atoms with Gasteiger partial charge in [-0.3, -0.25) is 4.79 Å². The van der Waals surface area contributed by atoms with Gasteiger partial charge in [0.15, 0.2) is 0 Å². The van der Waals surface area contributed by atoms with Crippen molar-refractivity contribution in [2.24, 2.45) is 5.73 Å². The monoisotopic (exact) mass is 351 g/mol. The first-order valence-electron chi connectivity index (χ1n) is 9.25. The lowest BCUT2D eigenvalue weighted by Gasteiger charge is -2.31. The first-order valence-corrected chi connectivity index (χ1v) is 9.25. The number of nitrogens with two attached hydrogens (primary N) is 1. The van der Waals surface area contributed by atoms with E-state index < -0.39 is 0 Å². The highest BCUT2D eigenvalue weighted by Gasteiger charge is 2.35. The summed E-state index contributed by atoms with van der Waals surface area (Å²) in [7, 11) is 0. The molecule has 0 spiro atoms. The molecule has 0 aliphatic carbocycles. The number of benzene rings is 2.